The van der Waals surface area contributed by atoms with Crippen molar-refractivity contribution in [1.82, 2.24) is 10.6 Å². The molecule has 0 radical (unpaired) electrons. The second-order valence-corrected chi connectivity index (χ2v) is 6.55. The third-order valence-corrected chi connectivity index (χ3v) is 4.10. The van der Waals surface area contributed by atoms with Gasteiger partial charge in [-0.25, -0.2) is 0 Å². The first-order valence-electron chi connectivity index (χ1n) is 8.48. The fourth-order valence-corrected chi connectivity index (χ4v) is 2.67. The molecule has 24 heavy (non-hydrogen) atoms. The number of benzene rings is 2. The van der Waals surface area contributed by atoms with Crippen LogP contribution in [0.15, 0.2) is 42.5 Å². The van der Waals surface area contributed by atoms with E-state index in [9.17, 15) is 9.59 Å². The topological polar surface area (TPSA) is 58.2 Å². The summed E-state index contributed by atoms with van der Waals surface area (Å²) in [6.07, 6.45) is 1.75. The molecule has 2 rings (SSSR count). The maximum atomic E-state index is 12.1. The molecule has 2 N–H and O–H groups in total. The molecule has 0 heterocycles. The first kappa shape index (κ1) is 18.0. The lowest BCUT2D eigenvalue weighted by atomic mass is 10.0. The van der Waals surface area contributed by atoms with Crippen molar-refractivity contribution in [1.29, 1.82) is 0 Å². The molecular formula is C20H26N2O2. The second kappa shape index (κ2) is 8.48. The Morgan fingerprint density at radius 2 is 1.75 bits per heavy atom. The molecule has 2 aromatic carbocycles. The third-order valence-electron chi connectivity index (χ3n) is 4.10. The average molecular weight is 326 g/mol. The number of nitrogens with one attached hydrogen (secondary N) is 2. The summed E-state index contributed by atoms with van der Waals surface area (Å²) in [4.78, 5) is 24.2. The number of amides is 2. The summed E-state index contributed by atoms with van der Waals surface area (Å²) in [5.74, 6) is 0.230. The van der Waals surface area contributed by atoms with Gasteiger partial charge in [-0.3, -0.25) is 9.59 Å². The van der Waals surface area contributed by atoms with Crippen LogP contribution < -0.4 is 10.6 Å². The van der Waals surface area contributed by atoms with Gasteiger partial charge in [-0.15, -0.1) is 0 Å². The molecular weight excluding hydrogens is 300 g/mol. The molecule has 4 nitrogen and oxygen atoms in total. The van der Waals surface area contributed by atoms with Crippen LogP contribution in [-0.2, 0) is 16.0 Å². The van der Waals surface area contributed by atoms with Crippen LogP contribution in [0.25, 0.3) is 10.8 Å². The Hall–Kier alpha value is -2.36. The largest absolute Gasteiger partial charge is 0.357 e. The van der Waals surface area contributed by atoms with Crippen molar-refractivity contribution in [2.45, 2.75) is 39.2 Å². The minimum absolute atomic E-state index is 0.0712. The summed E-state index contributed by atoms with van der Waals surface area (Å²) in [5.41, 5.74) is 1.03. The van der Waals surface area contributed by atoms with Crippen molar-refractivity contribution in [3.63, 3.8) is 0 Å². The van der Waals surface area contributed by atoms with Crippen LogP contribution in [0.2, 0.25) is 0 Å². The van der Waals surface area contributed by atoms with Crippen LogP contribution >= 0.6 is 0 Å². The second-order valence-electron chi connectivity index (χ2n) is 6.55. The molecule has 0 aliphatic heterocycles. The molecule has 0 spiro atoms. The molecule has 0 fully saturated rings. The van der Waals surface area contributed by atoms with Crippen LogP contribution in [0.3, 0.4) is 0 Å². The lowest BCUT2D eigenvalue weighted by molar-refractivity contribution is -0.128. The number of carbonyl (C=O) groups is 2. The standard InChI is InChI=1S/C20H26N2O2/c1-14(2)8-11-19(23)22-18(20(24)21-3)13-15-9-10-16-6-4-5-7-17(16)12-15/h4-7,9-10,12,14,18H,8,11,13H2,1-3H3,(H,21,24)(H,22,23)/t18-/m0/s1. The molecule has 2 amide bonds. The summed E-state index contributed by atoms with van der Waals surface area (Å²) in [6.45, 7) is 4.16. The van der Waals surface area contributed by atoms with E-state index in [1.807, 2.05) is 24.3 Å². The predicted octanol–water partition coefficient (Wildman–Crippen LogP) is 3.05. The lowest BCUT2D eigenvalue weighted by Crippen LogP contribution is -2.47. The Bertz CT molecular complexity index is 710. The van der Waals surface area contributed by atoms with Crippen LogP contribution in [0.1, 0.15) is 32.3 Å². The molecule has 4 heteroatoms. The van der Waals surface area contributed by atoms with Gasteiger partial charge in [0.2, 0.25) is 11.8 Å². The molecule has 1 atom stereocenters. The monoisotopic (exact) mass is 326 g/mol. The third kappa shape index (κ3) is 5.08. The summed E-state index contributed by atoms with van der Waals surface area (Å²) in [6, 6.07) is 13.7. The molecule has 0 unspecified atom stereocenters. The number of hydrogen-bond acceptors (Lipinski definition) is 2. The van der Waals surface area contributed by atoms with Gasteiger partial charge in [-0.1, -0.05) is 56.3 Å². The van der Waals surface area contributed by atoms with Gasteiger partial charge in [0.1, 0.15) is 6.04 Å². The fourth-order valence-electron chi connectivity index (χ4n) is 2.67. The van der Waals surface area contributed by atoms with Gasteiger partial charge < -0.3 is 10.6 Å². The highest BCUT2D eigenvalue weighted by molar-refractivity contribution is 5.88. The predicted molar refractivity (Wildman–Crippen MR) is 97.7 cm³/mol. The number of fused-ring (bicyclic) bond motifs is 1. The van der Waals surface area contributed by atoms with E-state index in [0.29, 0.717) is 18.8 Å². The number of rotatable bonds is 7. The Labute approximate surface area is 143 Å². The minimum Gasteiger partial charge on any atom is -0.357 e. The van der Waals surface area contributed by atoms with Crippen LogP contribution in [0.5, 0.6) is 0 Å². The van der Waals surface area contributed by atoms with Gasteiger partial charge in [0, 0.05) is 19.9 Å². The zero-order chi connectivity index (χ0) is 17.5. The van der Waals surface area contributed by atoms with Crippen molar-refractivity contribution >= 4 is 22.6 Å². The molecule has 0 aliphatic rings. The normalized spacial score (nSPS) is 12.2. The van der Waals surface area contributed by atoms with Crippen molar-refractivity contribution in [2.75, 3.05) is 7.05 Å². The zero-order valence-electron chi connectivity index (χ0n) is 14.6. The summed E-state index contributed by atoms with van der Waals surface area (Å²) in [5, 5.41) is 7.81. The molecule has 128 valence electrons. The first-order valence-corrected chi connectivity index (χ1v) is 8.48. The molecule has 2 aromatic rings. The summed E-state index contributed by atoms with van der Waals surface area (Å²) >= 11 is 0. The van der Waals surface area contributed by atoms with Gasteiger partial charge in [0.15, 0.2) is 0 Å². The van der Waals surface area contributed by atoms with Gasteiger partial charge in [-0.05, 0) is 28.7 Å². The van der Waals surface area contributed by atoms with Crippen molar-refractivity contribution in [2.24, 2.45) is 5.92 Å². The number of likely N-dealkylation sites (N-methyl/N-ethyl adjacent to an activating group) is 1. The zero-order valence-corrected chi connectivity index (χ0v) is 14.6. The van der Waals surface area contributed by atoms with Crippen molar-refractivity contribution in [3.8, 4) is 0 Å². The molecule has 0 aromatic heterocycles. The highest BCUT2D eigenvalue weighted by atomic mass is 16.2. The SMILES string of the molecule is CNC(=O)[C@H](Cc1ccc2ccccc2c1)NC(=O)CCC(C)C. The Morgan fingerprint density at radius 1 is 1.04 bits per heavy atom. The maximum absolute atomic E-state index is 12.1. The highest BCUT2D eigenvalue weighted by Gasteiger charge is 2.20. The lowest BCUT2D eigenvalue weighted by Gasteiger charge is -2.18. The quantitative estimate of drug-likeness (QED) is 0.821. The van der Waals surface area contributed by atoms with E-state index in [1.54, 1.807) is 7.05 Å². The first-order chi connectivity index (χ1) is 11.5. The Balaban J connectivity index is 2.09. The van der Waals surface area contributed by atoms with E-state index in [1.165, 1.54) is 5.39 Å². The van der Waals surface area contributed by atoms with Crippen LogP contribution in [0, 0.1) is 5.92 Å². The van der Waals surface area contributed by atoms with E-state index in [2.05, 4.69) is 42.7 Å². The maximum Gasteiger partial charge on any atom is 0.242 e. The van der Waals surface area contributed by atoms with Gasteiger partial charge >= 0.3 is 0 Å². The van der Waals surface area contributed by atoms with Gasteiger partial charge in [0.05, 0.1) is 0 Å². The molecule has 0 bridgehead atoms. The van der Waals surface area contributed by atoms with Crippen molar-refractivity contribution < 1.29 is 9.59 Å². The van der Waals surface area contributed by atoms with Crippen LogP contribution in [0.4, 0.5) is 0 Å². The highest BCUT2D eigenvalue weighted by Crippen LogP contribution is 2.17. The molecule has 0 saturated heterocycles. The summed E-state index contributed by atoms with van der Waals surface area (Å²) in [7, 11) is 1.59. The van der Waals surface area contributed by atoms with E-state index < -0.39 is 6.04 Å². The van der Waals surface area contributed by atoms with Gasteiger partial charge in [0.25, 0.3) is 0 Å². The van der Waals surface area contributed by atoms with E-state index in [-0.39, 0.29) is 11.8 Å². The molecule has 0 aliphatic carbocycles. The molecule has 0 saturated carbocycles. The smallest absolute Gasteiger partial charge is 0.242 e. The summed E-state index contributed by atoms with van der Waals surface area (Å²) < 4.78 is 0. The number of hydrogen-bond donors (Lipinski definition) is 2. The Morgan fingerprint density at radius 3 is 2.42 bits per heavy atom. The minimum atomic E-state index is -0.546. The van der Waals surface area contributed by atoms with Crippen molar-refractivity contribution in [3.05, 3.63) is 48.0 Å². The Kier molecular flexibility index (Phi) is 6.36. The number of carbonyl (C=O) groups excluding carboxylic acids is 2. The fraction of sp³-hybridized carbons (Fsp3) is 0.400. The van der Waals surface area contributed by atoms with Crippen LogP contribution in [-0.4, -0.2) is 24.9 Å². The van der Waals surface area contributed by atoms with E-state index in [4.69, 9.17) is 0 Å². The average Bonchev–Trinajstić information content (AvgIpc) is 2.58. The van der Waals surface area contributed by atoms with E-state index >= 15 is 0 Å². The van der Waals surface area contributed by atoms with E-state index in [0.717, 1.165) is 17.4 Å². The van der Waals surface area contributed by atoms with Gasteiger partial charge in [-0.2, -0.15) is 0 Å².